The summed E-state index contributed by atoms with van der Waals surface area (Å²) in [6.45, 7) is 1.95. The highest BCUT2D eigenvalue weighted by molar-refractivity contribution is 5.96. The Balaban J connectivity index is 1.79. The van der Waals surface area contributed by atoms with Crippen LogP contribution in [0.25, 0.3) is 0 Å². The molecule has 1 fully saturated rings. The second kappa shape index (κ2) is 6.77. The van der Waals surface area contributed by atoms with Crippen molar-refractivity contribution in [2.24, 2.45) is 13.0 Å². The summed E-state index contributed by atoms with van der Waals surface area (Å²) in [5.74, 6) is 0.109. The number of hydrogen-bond donors (Lipinski definition) is 0. The third-order valence-electron chi connectivity index (χ3n) is 4.87. The van der Waals surface area contributed by atoms with E-state index in [-0.39, 0.29) is 23.8 Å². The molecule has 0 bridgehead atoms. The molecule has 5 heteroatoms. The number of imidazole rings is 1. The molecule has 0 unspecified atom stereocenters. The molecular weight excluding hydrogens is 326 g/mol. The molecule has 132 valence electrons. The molecule has 1 aromatic heterocycles. The van der Waals surface area contributed by atoms with E-state index in [0.29, 0.717) is 5.82 Å². The highest BCUT2D eigenvalue weighted by Gasteiger charge is 2.47. The van der Waals surface area contributed by atoms with E-state index in [4.69, 9.17) is 4.84 Å². The second-order valence-corrected chi connectivity index (χ2v) is 6.58. The van der Waals surface area contributed by atoms with Crippen LogP contribution in [-0.2, 0) is 11.9 Å². The number of carbonyl (C=O) groups excluding carboxylic acids is 1. The summed E-state index contributed by atoms with van der Waals surface area (Å²) in [7, 11) is 1.84. The van der Waals surface area contributed by atoms with Gasteiger partial charge in [-0.1, -0.05) is 48.5 Å². The maximum atomic E-state index is 13.3. The normalized spacial score (nSPS) is 22.5. The summed E-state index contributed by atoms with van der Waals surface area (Å²) in [5.41, 5.74) is 1.98. The number of Topliss-reactive ketones (excluding diaryl/α,β-unsaturated/α-hetero) is 1. The highest BCUT2D eigenvalue weighted by atomic mass is 16.7. The first-order chi connectivity index (χ1) is 12.7. The molecule has 2 heterocycles. The molecule has 1 aliphatic rings. The minimum atomic E-state index is -0.348. The summed E-state index contributed by atoms with van der Waals surface area (Å²) in [5, 5.41) is 1.87. The number of rotatable bonds is 4. The number of anilines is 1. The first-order valence-electron chi connectivity index (χ1n) is 8.74. The monoisotopic (exact) mass is 347 g/mol. The van der Waals surface area contributed by atoms with Crippen LogP contribution < -0.4 is 5.06 Å². The van der Waals surface area contributed by atoms with E-state index in [1.54, 1.807) is 17.0 Å². The second-order valence-electron chi connectivity index (χ2n) is 6.58. The topological polar surface area (TPSA) is 47.4 Å². The van der Waals surface area contributed by atoms with Crippen molar-refractivity contribution < 1.29 is 9.63 Å². The van der Waals surface area contributed by atoms with Crippen LogP contribution >= 0.6 is 0 Å². The number of ketones is 1. The number of carbonyl (C=O) groups is 1. The van der Waals surface area contributed by atoms with Crippen LogP contribution in [-0.4, -0.2) is 21.4 Å². The molecule has 0 amide bonds. The summed E-state index contributed by atoms with van der Waals surface area (Å²) < 4.78 is 1.77. The molecule has 5 nitrogen and oxygen atoms in total. The zero-order chi connectivity index (χ0) is 18.1. The van der Waals surface area contributed by atoms with Crippen LogP contribution in [0, 0.1) is 5.92 Å². The molecular formula is C21H21N3O2. The number of benzene rings is 2. The van der Waals surface area contributed by atoms with Gasteiger partial charge in [-0.2, -0.15) is 0 Å². The molecule has 3 atom stereocenters. The molecule has 2 aromatic carbocycles. The Morgan fingerprint density at radius 3 is 2.31 bits per heavy atom. The van der Waals surface area contributed by atoms with E-state index in [0.717, 1.165) is 11.3 Å². The number of nitrogens with zero attached hydrogens (tertiary/aromatic N) is 3. The van der Waals surface area contributed by atoms with Gasteiger partial charge in [0.15, 0.2) is 5.82 Å². The predicted octanol–water partition coefficient (Wildman–Crippen LogP) is 3.80. The Morgan fingerprint density at radius 1 is 1.04 bits per heavy atom. The number of hydrogen-bond acceptors (Lipinski definition) is 4. The van der Waals surface area contributed by atoms with Crippen molar-refractivity contribution in [3.05, 3.63) is 84.4 Å². The van der Waals surface area contributed by atoms with Crippen molar-refractivity contribution in [3.63, 3.8) is 0 Å². The standard InChI is InChI=1S/C21H21N3O2/c1-15-18(20(25)21-22-13-14-23(21)2)19(16-9-5-3-6-10-16)24(26-15)17-11-7-4-8-12-17/h3-15,18-19H,1-2H3/t15-,18-,19+/m1/s1. The number of para-hydroxylation sites is 1. The Bertz CT molecular complexity index is 892. The van der Waals surface area contributed by atoms with Gasteiger partial charge in [0, 0.05) is 19.4 Å². The predicted molar refractivity (Wildman–Crippen MR) is 99.7 cm³/mol. The van der Waals surface area contributed by atoms with Gasteiger partial charge < -0.3 is 4.57 Å². The van der Waals surface area contributed by atoms with Gasteiger partial charge in [-0.05, 0) is 24.6 Å². The fourth-order valence-corrected chi connectivity index (χ4v) is 3.61. The average Bonchev–Trinajstić information content (AvgIpc) is 3.26. The molecule has 1 saturated heterocycles. The smallest absolute Gasteiger partial charge is 0.206 e. The Kier molecular flexibility index (Phi) is 4.31. The van der Waals surface area contributed by atoms with Crippen LogP contribution in [0.1, 0.15) is 29.1 Å². The molecule has 0 aliphatic carbocycles. The minimum Gasteiger partial charge on any atom is -0.332 e. The molecule has 26 heavy (non-hydrogen) atoms. The van der Waals surface area contributed by atoms with Gasteiger partial charge in [0.25, 0.3) is 0 Å². The summed E-state index contributed by atoms with van der Waals surface area (Å²) >= 11 is 0. The van der Waals surface area contributed by atoms with E-state index in [9.17, 15) is 4.79 Å². The summed E-state index contributed by atoms with van der Waals surface area (Å²) in [4.78, 5) is 23.7. The summed E-state index contributed by atoms with van der Waals surface area (Å²) in [6, 6.07) is 19.7. The first kappa shape index (κ1) is 16.5. The van der Waals surface area contributed by atoms with Crippen LogP contribution in [0.2, 0.25) is 0 Å². The van der Waals surface area contributed by atoms with Gasteiger partial charge in [-0.3, -0.25) is 9.63 Å². The first-order valence-corrected chi connectivity index (χ1v) is 8.74. The van der Waals surface area contributed by atoms with Crippen LogP contribution in [0.5, 0.6) is 0 Å². The highest BCUT2D eigenvalue weighted by Crippen LogP contribution is 2.43. The average molecular weight is 347 g/mol. The lowest BCUT2D eigenvalue weighted by atomic mass is 9.86. The van der Waals surface area contributed by atoms with Gasteiger partial charge in [0.2, 0.25) is 5.78 Å². The molecule has 4 rings (SSSR count). The van der Waals surface area contributed by atoms with Crippen molar-refractivity contribution >= 4 is 11.5 Å². The Labute approximate surface area is 152 Å². The van der Waals surface area contributed by atoms with Crippen LogP contribution in [0.4, 0.5) is 5.69 Å². The van der Waals surface area contributed by atoms with Gasteiger partial charge in [-0.15, -0.1) is 0 Å². The molecule has 0 spiro atoms. The van der Waals surface area contributed by atoms with E-state index in [1.807, 2.05) is 79.7 Å². The summed E-state index contributed by atoms with van der Waals surface area (Å²) in [6.07, 6.45) is 3.19. The lowest BCUT2D eigenvalue weighted by Gasteiger charge is -2.27. The van der Waals surface area contributed by atoms with Gasteiger partial charge in [0.1, 0.15) is 0 Å². The van der Waals surface area contributed by atoms with E-state index < -0.39 is 0 Å². The maximum Gasteiger partial charge on any atom is 0.206 e. The van der Waals surface area contributed by atoms with Gasteiger partial charge >= 0.3 is 0 Å². The van der Waals surface area contributed by atoms with Crippen molar-refractivity contribution in [2.75, 3.05) is 5.06 Å². The number of aromatic nitrogens is 2. The van der Waals surface area contributed by atoms with Crippen molar-refractivity contribution in [3.8, 4) is 0 Å². The SMILES string of the molecule is C[C@H]1ON(c2ccccc2)[C@@H](c2ccccc2)[C@@H]1C(=O)c1nccn1C. The third kappa shape index (κ3) is 2.80. The maximum absolute atomic E-state index is 13.3. The lowest BCUT2D eigenvalue weighted by molar-refractivity contribution is 0.0682. The van der Waals surface area contributed by atoms with Crippen molar-refractivity contribution in [2.45, 2.75) is 19.1 Å². The number of hydroxylamine groups is 1. The third-order valence-corrected chi connectivity index (χ3v) is 4.87. The van der Waals surface area contributed by atoms with Crippen LogP contribution in [0.3, 0.4) is 0 Å². The fraction of sp³-hybridized carbons (Fsp3) is 0.238. The quantitative estimate of drug-likeness (QED) is 0.674. The van der Waals surface area contributed by atoms with Crippen molar-refractivity contribution in [1.82, 2.24) is 9.55 Å². The zero-order valence-electron chi connectivity index (χ0n) is 14.8. The minimum absolute atomic E-state index is 0.00251. The van der Waals surface area contributed by atoms with Gasteiger partial charge in [0.05, 0.1) is 23.8 Å². The number of aryl methyl sites for hydroxylation is 1. The van der Waals surface area contributed by atoms with Gasteiger partial charge in [-0.25, -0.2) is 10.0 Å². The van der Waals surface area contributed by atoms with Crippen molar-refractivity contribution in [1.29, 1.82) is 0 Å². The fourth-order valence-electron chi connectivity index (χ4n) is 3.61. The Hall–Kier alpha value is -2.92. The van der Waals surface area contributed by atoms with E-state index in [2.05, 4.69) is 4.98 Å². The molecule has 0 radical (unpaired) electrons. The zero-order valence-corrected chi connectivity index (χ0v) is 14.8. The molecule has 0 saturated carbocycles. The van der Waals surface area contributed by atoms with E-state index in [1.165, 1.54) is 0 Å². The largest absolute Gasteiger partial charge is 0.332 e. The van der Waals surface area contributed by atoms with E-state index >= 15 is 0 Å². The lowest BCUT2D eigenvalue weighted by Crippen LogP contribution is -2.30. The van der Waals surface area contributed by atoms with Crippen LogP contribution in [0.15, 0.2) is 73.1 Å². The molecule has 3 aromatic rings. The molecule has 1 aliphatic heterocycles. The Morgan fingerprint density at radius 2 is 1.69 bits per heavy atom. The molecule has 0 N–H and O–H groups in total.